The molecular weight excluding hydrogens is 302 g/mol. The number of hydrogen-bond donors (Lipinski definition) is 3. The molecule has 2 aromatic carbocycles. The molecule has 0 aliphatic carbocycles. The van der Waals surface area contributed by atoms with Crippen LogP contribution in [0.15, 0.2) is 54.6 Å². The molecule has 0 heterocycles. The van der Waals surface area contributed by atoms with Crippen LogP contribution in [-0.4, -0.2) is 21.7 Å². The van der Waals surface area contributed by atoms with Crippen molar-refractivity contribution in [3.8, 4) is 0 Å². The first-order valence-electron chi connectivity index (χ1n) is 6.58. The molecule has 2 aromatic rings. The molecular formula is C15H15N3O3S. The van der Waals surface area contributed by atoms with Gasteiger partial charge in [0.1, 0.15) is 0 Å². The van der Waals surface area contributed by atoms with Crippen LogP contribution in [0, 0.1) is 10.1 Å². The molecule has 0 aliphatic heterocycles. The van der Waals surface area contributed by atoms with Crippen LogP contribution in [0.2, 0.25) is 0 Å². The number of rotatable bonds is 5. The predicted octanol–water partition coefficient (Wildman–Crippen LogP) is 2.61. The molecule has 0 saturated heterocycles. The van der Waals surface area contributed by atoms with E-state index in [1.165, 1.54) is 12.1 Å². The normalized spacial score (nSPS) is 11.5. The number of hydrogen-bond acceptors (Lipinski definition) is 4. The van der Waals surface area contributed by atoms with Gasteiger partial charge in [0.25, 0.3) is 5.69 Å². The van der Waals surface area contributed by atoms with Gasteiger partial charge in [0, 0.05) is 24.4 Å². The highest BCUT2D eigenvalue weighted by Gasteiger charge is 2.08. The van der Waals surface area contributed by atoms with Gasteiger partial charge in [0.15, 0.2) is 5.11 Å². The zero-order valence-electron chi connectivity index (χ0n) is 11.6. The van der Waals surface area contributed by atoms with Crippen molar-refractivity contribution < 1.29 is 10.0 Å². The summed E-state index contributed by atoms with van der Waals surface area (Å²) in [5.41, 5.74) is 1.45. The van der Waals surface area contributed by atoms with Gasteiger partial charge in [-0.05, 0) is 29.9 Å². The fourth-order valence-electron chi connectivity index (χ4n) is 1.82. The Labute approximate surface area is 132 Å². The van der Waals surface area contributed by atoms with Crippen molar-refractivity contribution in [1.29, 1.82) is 0 Å². The number of aliphatic hydroxyl groups excluding tert-OH is 1. The van der Waals surface area contributed by atoms with E-state index in [4.69, 9.17) is 12.2 Å². The van der Waals surface area contributed by atoms with Crippen LogP contribution >= 0.6 is 12.2 Å². The largest absolute Gasteiger partial charge is 0.387 e. The van der Waals surface area contributed by atoms with Gasteiger partial charge in [-0.25, -0.2) is 0 Å². The van der Waals surface area contributed by atoms with E-state index in [-0.39, 0.29) is 12.2 Å². The summed E-state index contributed by atoms with van der Waals surface area (Å²) in [5.74, 6) is 0. The van der Waals surface area contributed by atoms with Crippen molar-refractivity contribution in [2.75, 3.05) is 11.9 Å². The molecule has 114 valence electrons. The van der Waals surface area contributed by atoms with Crippen molar-refractivity contribution in [3.63, 3.8) is 0 Å². The lowest BCUT2D eigenvalue weighted by Gasteiger charge is -2.14. The Bertz CT molecular complexity index is 647. The summed E-state index contributed by atoms with van der Waals surface area (Å²) in [6.45, 7) is 0.267. The van der Waals surface area contributed by atoms with Crippen LogP contribution in [0.1, 0.15) is 11.7 Å². The van der Waals surface area contributed by atoms with E-state index < -0.39 is 11.0 Å². The van der Waals surface area contributed by atoms with Gasteiger partial charge in [-0.15, -0.1) is 0 Å². The van der Waals surface area contributed by atoms with Gasteiger partial charge >= 0.3 is 0 Å². The number of non-ortho nitro benzene ring substituents is 1. The van der Waals surface area contributed by atoms with Gasteiger partial charge in [-0.3, -0.25) is 10.1 Å². The van der Waals surface area contributed by atoms with E-state index in [0.717, 1.165) is 5.56 Å². The number of nitrogens with zero attached hydrogens (tertiary/aromatic N) is 1. The molecule has 0 bridgehead atoms. The predicted molar refractivity (Wildman–Crippen MR) is 88.7 cm³/mol. The van der Waals surface area contributed by atoms with Crippen molar-refractivity contribution in [3.05, 3.63) is 70.3 Å². The minimum absolute atomic E-state index is 0.0175. The van der Waals surface area contributed by atoms with Gasteiger partial charge in [-0.1, -0.05) is 30.3 Å². The third kappa shape index (κ3) is 4.51. The van der Waals surface area contributed by atoms with Crippen LogP contribution in [0.25, 0.3) is 0 Å². The van der Waals surface area contributed by atoms with Crippen molar-refractivity contribution in [2.45, 2.75) is 6.10 Å². The molecule has 2 rings (SSSR count). The molecule has 3 N–H and O–H groups in total. The second-order valence-electron chi connectivity index (χ2n) is 4.57. The maximum absolute atomic E-state index is 10.6. The number of nitro benzene ring substituents is 1. The number of nitro groups is 1. The Kier molecular flexibility index (Phi) is 5.40. The summed E-state index contributed by atoms with van der Waals surface area (Å²) in [7, 11) is 0. The van der Waals surface area contributed by atoms with Crippen LogP contribution in [0.4, 0.5) is 11.4 Å². The molecule has 7 heteroatoms. The third-order valence-corrected chi connectivity index (χ3v) is 3.22. The summed E-state index contributed by atoms with van der Waals surface area (Å²) in [4.78, 5) is 10.1. The SMILES string of the molecule is O=[N+]([O-])c1ccc(NC(=S)NC[C@@H](O)c2ccccc2)cc1. The fourth-order valence-corrected chi connectivity index (χ4v) is 2.03. The summed E-state index contributed by atoms with van der Waals surface area (Å²) in [6.07, 6.45) is -0.669. The van der Waals surface area contributed by atoms with E-state index in [9.17, 15) is 15.2 Å². The van der Waals surface area contributed by atoms with Crippen molar-refractivity contribution in [2.24, 2.45) is 0 Å². The maximum atomic E-state index is 10.6. The molecule has 0 spiro atoms. The summed E-state index contributed by atoms with van der Waals surface area (Å²) in [5, 5.41) is 26.7. The number of nitrogens with one attached hydrogen (secondary N) is 2. The quantitative estimate of drug-likeness (QED) is 0.446. The molecule has 0 amide bonds. The molecule has 0 aliphatic rings. The lowest BCUT2D eigenvalue weighted by molar-refractivity contribution is -0.384. The Morgan fingerprint density at radius 3 is 2.41 bits per heavy atom. The topological polar surface area (TPSA) is 87.4 Å². The van der Waals surface area contributed by atoms with Crippen molar-refractivity contribution in [1.82, 2.24) is 5.32 Å². The number of thiocarbonyl (C=S) groups is 1. The van der Waals surface area contributed by atoms with Gasteiger partial charge in [0.2, 0.25) is 0 Å². The monoisotopic (exact) mass is 317 g/mol. The smallest absolute Gasteiger partial charge is 0.269 e. The Morgan fingerprint density at radius 2 is 1.82 bits per heavy atom. The first kappa shape index (κ1) is 15.9. The first-order valence-corrected chi connectivity index (χ1v) is 6.99. The number of anilines is 1. The third-order valence-electron chi connectivity index (χ3n) is 2.98. The number of aliphatic hydroxyl groups is 1. The maximum Gasteiger partial charge on any atom is 0.269 e. The zero-order chi connectivity index (χ0) is 15.9. The summed E-state index contributed by atoms with van der Waals surface area (Å²) >= 11 is 5.12. The van der Waals surface area contributed by atoms with Crippen molar-refractivity contribution >= 4 is 28.7 Å². The Hall–Kier alpha value is -2.51. The minimum atomic E-state index is -0.669. The lowest BCUT2D eigenvalue weighted by Crippen LogP contribution is -2.32. The summed E-state index contributed by atoms with van der Waals surface area (Å²) in [6, 6.07) is 15.2. The van der Waals surface area contributed by atoms with Crippen LogP contribution < -0.4 is 10.6 Å². The standard InChI is InChI=1S/C15H15N3O3S/c19-14(11-4-2-1-3-5-11)10-16-15(22)17-12-6-8-13(9-7-12)18(20)21/h1-9,14,19H,10H2,(H2,16,17,22)/t14-/m1/s1. The Morgan fingerprint density at radius 1 is 1.18 bits per heavy atom. The summed E-state index contributed by atoms with van der Waals surface area (Å²) < 4.78 is 0. The molecule has 6 nitrogen and oxygen atoms in total. The fraction of sp³-hybridized carbons (Fsp3) is 0.133. The van der Waals surface area contributed by atoms with E-state index in [1.807, 2.05) is 30.3 Å². The number of benzene rings is 2. The molecule has 0 unspecified atom stereocenters. The van der Waals surface area contributed by atoms with E-state index in [1.54, 1.807) is 12.1 Å². The van der Waals surface area contributed by atoms with E-state index >= 15 is 0 Å². The molecule has 0 radical (unpaired) electrons. The first-order chi connectivity index (χ1) is 10.6. The van der Waals surface area contributed by atoms with Gasteiger partial charge in [-0.2, -0.15) is 0 Å². The Balaban J connectivity index is 1.84. The van der Waals surface area contributed by atoms with E-state index in [2.05, 4.69) is 10.6 Å². The van der Waals surface area contributed by atoms with Crippen LogP contribution in [0.5, 0.6) is 0 Å². The van der Waals surface area contributed by atoms with Gasteiger partial charge < -0.3 is 15.7 Å². The highest BCUT2D eigenvalue weighted by Crippen LogP contribution is 2.15. The molecule has 0 aromatic heterocycles. The molecule has 0 fully saturated rings. The minimum Gasteiger partial charge on any atom is -0.387 e. The highest BCUT2D eigenvalue weighted by atomic mass is 32.1. The van der Waals surface area contributed by atoms with Gasteiger partial charge in [0.05, 0.1) is 11.0 Å². The van der Waals surface area contributed by atoms with Crippen LogP contribution in [0.3, 0.4) is 0 Å². The molecule has 1 atom stereocenters. The highest BCUT2D eigenvalue weighted by molar-refractivity contribution is 7.80. The lowest BCUT2D eigenvalue weighted by atomic mass is 10.1. The molecule has 0 saturated carbocycles. The van der Waals surface area contributed by atoms with Crippen LogP contribution in [-0.2, 0) is 0 Å². The molecule has 22 heavy (non-hydrogen) atoms. The van der Waals surface area contributed by atoms with E-state index in [0.29, 0.717) is 10.8 Å². The average Bonchev–Trinajstić information content (AvgIpc) is 2.54. The zero-order valence-corrected chi connectivity index (χ0v) is 12.4. The second kappa shape index (κ2) is 7.48. The second-order valence-corrected chi connectivity index (χ2v) is 4.97. The average molecular weight is 317 g/mol.